The fourth-order valence-corrected chi connectivity index (χ4v) is 4.28. The normalized spacial score (nSPS) is 27.5. The molecule has 2 bridgehead atoms. The largest absolute Gasteiger partial charge is 0.497 e. The highest BCUT2D eigenvalue weighted by Gasteiger charge is 2.42. The standard InChI is InChI=1S/C18H25NO3/c1-11(16-9-12-4-5-13(16)8-12)19-18(20)15-7-6-14(21-2)10-17(15)22-3/h6-7,10-13,16H,4-5,8-9H2,1-3H3,(H,19,20)/t11-,12-,13-,16-/m0/s1. The lowest BCUT2D eigenvalue weighted by Crippen LogP contribution is -2.40. The first kappa shape index (κ1) is 15.2. The summed E-state index contributed by atoms with van der Waals surface area (Å²) in [6, 6.07) is 5.52. The summed E-state index contributed by atoms with van der Waals surface area (Å²) in [7, 11) is 3.18. The lowest BCUT2D eigenvalue weighted by molar-refractivity contribution is 0.0912. The van der Waals surface area contributed by atoms with Crippen molar-refractivity contribution >= 4 is 5.91 Å². The molecule has 2 fully saturated rings. The van der Waals surface area contributed by atoms with Gasteiger partial charge in [0.05, 0.1) is 19.8 Å². The van der Waals surface area contributed by atoms with Crippen LogP contribution in [-0.4, -0.2) is 26.2 Å². The number of rotatable bonds is 5. The number of amides is 1. The third-order valence-electron chi connectivity index (χ3n) is 5.45. The van der Waals surface area contributed by atoms with Gasteiger partial charge in [0.2, 0.25) is 0 Å². The summed E-state index contributed by atoms with van der Waals surface area (Å²) in [6.45, 7) is 2.14. The maximum absolute atomic E-state index is 12.6. The Bertz CT molecular complexity index is 557. The molecular weight excluding hydrogens is 278 g/mol. The van der Waals surface area contributed by atoms with Crippen molar-refractivity contribution < 1.29 is 14.3 Å². The van der Waals surface area contributed by atoms with Gasteiger partial charge in [-0.3, -0.25) is 4.79 Å². The van der Waals surface area contributed by atoms with Crippen LogP contribution in [0, 0.1) is 17.8 Å². The van der Waals surface area contributed by atoms with Crippen LogP contribution >= 0.6 is 0 Å². The third-order valence-corrected chi connectivity index (χ3v) is 5.45. The van der Waals surface area contributed by atoms with Crippen LogP contribution in [0.25, 0.3) is 0 Å². The Kier molecular flexibility index (Phi) is 4.27. The number of nitrogens with one attached hydrogen (secondary N) is 1. The van der Waals surface area contributed by atoms with E-state index >= 15 is 0 Å². The predicted octanol–water partition coefficient (Wildman–Crippen LogP) is 3.26. The Morgan fingerprint density at radius 2 is 2.05 bits per heavy atom. The molecule has 4 nitrogen and oxygen atoms in total. The molecule has 4 heteroatoms. The van der Waals surface area contributed by atoms with E-state index in [2.05, 4.69) is 12.2 Å². The summed E-state index contributed by atoms with van der Waals surface area (Å²) in [5, 5.41) is 3.18. The molecule has 2 aliphatic carbocycles. The molecule has 0 aliphatic heterocycles. The van der Waals surface area contributed by atoms with Gasteiger partial charge in [-0.1, -0.05) is 6.42 Å². The van der Waals surface area contributed by atoms with Crippen LogP contribution in [0.1, 0.15) is 43.0 Å². The van der Waals surface area contributed by atoms with Crippen LogP contribution in [0.15, 0.2) is 18.2 Å². The Hall–Kier alpha value is -1.71. The monoisotopic (exact) mass is 303 g/mol. The third kappa shape index (κ3) is 2.79. The van der Waals surface area contributed by atoms with Crippen molar-refractivity contribution in [3.05, 3.63) is 23.8 Å². The minimum absolute atomic E-state index is 0.0604. The molecule has 22 heavy (non-hydrogen) atoms. The highest BCUT2D eigenvalue weighted by atomic mass is 16.5. The van der Waals surface area contributed by atoms with Crippen molar-refractivity contribution in [1.82, 2.24) is 5.32 Å². The molecule has 1 aromatic carbocycles. The van der Waals surface area contributed by atoms with E-state index in [4.69, 9.17) is 9.47 Å². The number of hydrogen-bond acceptors (Lipinski definition) is 3. The van der Waals surface area contributed by atoms with E-state index in [1.54, 1.807) is 32.4 Å². The van der Waals surface area contributed by atoms with Gasteiger partial charge in [-0.2, -0.15) is 0 Å². The highest BCUT2D eigenvalue weighted by Crippen LogP contribution is 2.49. The second-order valence-electron chi connectivity index (χ2n) is 6.67. The Morgan fingerprint density at radius 3 is 2.64 bits per heavy atom. The highest BCUT2D eigenvalue weighted by molar-refractivity contribution is 5.97. The van der Waals surface area contributed by atoms with Gasteiger partial charge in [-0.25, -0.2) is 0 Å². The van der Waals surface area contributed by atoms with Gasteiger partial charge in [0, 0.05) is 12.1 Å². The Balaban J connectivity index is 1.69. The minimum Gasteiger partial charge on any atom is -0.497 e. The number of hydrogen-bond donors (Lipinski definition) is 1. The molecule has 0 spiro atoms. The van der Waals surface area contributed by atoms with Crippen LogP contribution in [0.4, 0.5) is 0 Å². The zero-order valence-corrected chi connectivity index (χ0v) is 13.6. The smallest absolute Gasteiger partial charge is 0.255 e. The quantitative estimate of drug-likeness (QED) is 0.908. The van der Waals surface area contributed by atoms with Crippen LogP contribution in [0.2, 0.25) is 0 Å². The average Bonchev–Trinajstić information content (AvgIpc) is 3.17. The minimum atomic E-state index is -0.0604. The van der Waals surface area contributed by atoms with E-state index in [9.17, 15) is 4.79 Å². The summed E-state index contributed by atoms with van der Waals surface area (Å²) in [4.78, 5) is 12.6. The molecule has 2 saturated carbocycles. The first-order valence-corrected chi connectivity index (χ1v) is 8.15. The predicted molar refractivity (Wildman–Crippen MR) is 85.4 cm³/mol. The van der Waals surface area contributed by atoms with E-state index in [0.29, 0.717) is 23.0 Å². The molecule has 4 atom stereocenters. The average molecular weight is 303 g/mol. The lowest BCUT2D eigenvalue weighted by atomic mass is 9.84. The summed E-state index contributed by atoms with van der Waals surface area (Å²) < 4.78 is 10.5. The SMILES string of the molecule is COc1ccc(C(=O)N[C@@H](C)[C@@H]2C[C@H]3CC[C@H]2C3)c(OC)c1. The first-order valence-electron chi connectivity index (χ1n) is 8.15. The van der Waals surface area contributed by atoms with Crippen LogP contribution in [-0.2, 0) is 0 Å². The van der Waals surface area contributed by atoms with Gasteiger partial charge >= 0.3 is 0 Å². The number of fused-ring (bicyclic) bond motifs is 2. The fraction of sp³-hybridized carbons (Fsp3) is 0.611. The molecule has 1 N–H and O–H groups in total. The zero-order chi connectivity index (χ0) is 15.7. The van der Waals surface area contributed by atoms with Crippen molar-refractivity contribution in [2.24, 2.45) is 17.8 Å². The van der Waals surface area contributed by atoms with E-state index < -0.39 is 0 Å². The maximum atomic E-state index is 12.6. The Morgan fingerprint density at radius 1 is 1.23 bits per heavy atom. The molecule has 1 amide bonds. The zero-order valence-electron chi connectivity index (χ0n) is 13.6. The lowest BCUT2D eigenvalue weighted by Gasteiger charge is -2.28. The number of ether oxygens (including phenoxy) is 2. The second-order valence-corrected chi connectivity index (χ2v) is 6.67. The van der Waals surface area contributed by atoms with Crippen molar-refractivity contribution in [2.75, 3.05) is 14.2 Å². The van der Waals surface area contributed by atoms with E-state index in [1.165, 1.54) is 25.7 Å². The topological polar surface area (TPSA) is 47.6 Å². The van der Waals surface area contributed by atoms with Gasteiger partial charge in [0.1, 0.15) is 11.5 Å². The number of carbonyl (C=O) groups is 1. The van der Waals surface area contributed by atoms with Crippen molar-refractivity contribution in [1.29, 1.82) is 0 Å². The molecule has 0 radical (unpaired) electrons. The van der Waals surface area contributed by atoms with Gasteiger partial charge < -0.3 is 14.8 Å². The molecule has 120 valence electrons. The summed E-state index contributed by atoms with van der Waals surface area (Å²) in [6.07, 6.45) is 5.35. The van der Waals surface area contributed by atoms with Crippen LogP contribution < -0.4 is 14.8 Å². The molecule has 1 aromatic rings. The summed E-state index contributed by atoms with van der Waals surface area (Å²) >= 11 is 0. The number of carbonyl (C=O) groups excluding carboxylic acids is 1. The van der Waals surface area contributed by atoms with Crippen LogP contribution in [0.5, 0.6) is 11.5 Å². The maximum Gasteiger partial charge on any atom is 0.255 e. The number of benzene rings is 1. The number of methoxy groups -OCH3 is 2. The second kappa shape index (κ2) is 6.19. The van der Waals surface area contributed by atoms with Crippen molar-refractivity contribution in [2.45, 2.75) is 38.6 Å². The first-order chi connectivity index (χ1) is 10.6. The summed E-state index contributed by atoms with van der Waals surface area (Å²) in [5.41, 5.74) is 0.568. The summed E-state index contributed by atoms with van der Waals surface area (Å²) in [5.74, 6) is 3.51. The van der Waals surface area contributed by atoms with Gasteiger partial charge in [0.25, 0.3) is 5.91 Å². The molecule has 0 saturated heterocycles. The van der Waals surface area contributed by atoms with E-state index in [-0.39, 0.29) is 11.9 Å². The van der Waals surface area contributed by atoms with Crippen molar-refractivity contribution in [3.8, 4) is 11.5 Å². The molecule has 2 aliphatic rings. The van der Waals surface area contributed by atoms with Crippen LogP contribution in [0.3, 0.4) is 0 Å². The molecule has 0 aromatic heterocycles. The van der Waals surface area contributed by atoms with Gasteiger partial charge in [-0.05, 0) is 56.1 Å². The molecular formula is C18H25NO3. The Labute approximate surface area is 132 Å². The van der Waals surface area contributed by atoms with Gasteiger partial charge in [0.15, 0.2) is 0 Å². The fourth-order valence-electron chi connectivity index (χ4n) is 4.28. The molecule has 3 rings (SSSR count). The van der Waals surface area contributed by atoms with Gasteiger partial charge in [-0.15, -0.1) is 0 Å². The molecule has 0 heterocycles. The van der Waals surface area contributed by atoms with E-state index in [1.807, 2.05) is 0 Å². The van der Waals surface area contributed by atoms with Crippen molar-refractivity contribution in [3.63, 3.8) is 0 Å². The molecule has 0 unspecified atom stereocenters. The van der Waals surface area contributed by atoms with E-state index in [0.717, 1.165) is 11.8 Å².